The van der Waals surface area contributed by atoms with Crippen LogP contribution in [0.4, 0.5) is 0 Å². The molecular weight excluding hydrogens is 560 g/mol. The lowest BCUT2D eigenvalue weighted by atomic mass is 9.99. The van der Waals surface area contributed by atoms with Gasteiger partial charge in [-0.1, -0.05) is 84.9 Å². The minimum Gasteiger partial charge on any atom is -0.309 e. The second-order valence-electron chi connectivity index (χ2n) is 12.2. The monoisotopic (exact) mass is 584 g/mol. The second kappa shape index (κ2) is 8.68. The van der Waals surface area contributed by atoms with Crippen molar-refractivity contribution in [1.29, 1.82) is 0 Å². The lowest BCUT2D eigenvalue weighted by Crippen LogP contribution is -1.96. The van der Waals surface area contributed by atoms with Crippen molar-refractivity contribution in [2.24, 2.45) is 0 Å². The molecule has 1 aliphatic rings. The second-order valence-corrected chi connectivity index (χ2v) is 12.2. The maximum absolute atomic E-state index is 5.19. The van der Waals surface area contributed by atoms with Crippen LogP contribution in [-0.4, -0.2) is 19.1 Å². The number of hydrogen-bond acceptors (Lipinski definition) is 2. The molecule has 10 aromatic rings. The lowest BCUT2D eigenvalue weighted by Gasteiger charge is -2.11. The highest BCUT2D eigenvalue weighted by Crippen LogP contribution is 2.50. The van der Waals surface area contributed by atoms with Gasteiger partial charge >= 0.3 is 0 Å². The fraction of sp³-hybridized carbons (Fsp3) is 0. The van der Waals surface area contributed by atoms with Crippen molar-refractivity contribution in [3.05, 3.63) is 146 Å². The molecule has 0 spiro atoms. The molecule has 0 N–H and O–H groups in total. The molecule has 4 nitrogen and oxygen atoms in total. The van der Waals surface area contributed by atoms with E-state index in [0.717, 1.165) is 44.9 Å². The molecule has 0 saturated heterocycles. The normalized spacial score (nSPS) is 12.3. The van der Waals surface area contributed by atoms with Gasteiger partial charge in [0.2, 0.25) is 0 Å². The van der Waals surface area contributed by atoms with Crippen molar-refractivity contribution in [2.45, 2.75) is 0 Å². The molecule has 0 radical (unpaired) electrons. The SMILES string of the molecule is c1ccc(-n2c3ccccc3c3cc(-n4c5ccccc5c5c6cccc7c6c(cc54)-c4nc5ccccc5nc4-7)ccc32)cc1. The van der Waals surface area contributed by atoms with Crippen LogP contribution in [0, 0.1) is 0 Å². The highest BCUT2D eigenvalue weighted by Gasteiger charge is 2.28. The Labute approximate surface area is 263 Å². The summed E-state index contributed by atoms with van der Waals surface area (Å²) >= 11 is 0. The highest BCUT2D eigenvalue weighted by atomic mass is 15.0. The van der Waals surface area contributed by atoms with Crippen LogP contribution >= 0.6 is 0 Å². The van der Waals surface area contributed by atoms with E-state index in [9.17, 15) is 0 Å². The Bertz CT molecular complexity index is 2910. The Morgan fingerprint density at radius 2 is 0.957 bits per heavy atom. The predicted octanol–water partition coefficient (Wildman–Crippen LogP) is 10.6. The third-order valence-corrected chi connectivity index (χ3v) is 9.81. The smallest absolute Gasteiger partial charge is 0.0980 e. The van der Waals surface area contributed by atoms with Crippen LogP contribution in [0.3, 0.4) is 0 Å². The first-order valence-corrected chi connectivity index (χ1v) is 15.7. The summed E-state index contributed by atoms with van der Waals surface area (Å²) in [7, 11) is 0. The van der Waals surface area contributed by atoms with Crippen LogP contribution in [-0.2, 0) is 0 Å². The van der Waals surface area contributed by atoms with Crippen LogP contribution in [0.15, 0.2) is 146 Å². The Morgan fingerprint density at radius 1 is 0.348 bits per heavy atom. The Morgan fingerprint density at radius 3 is 1.76 bits per heavy atom. The van der Waals surface area contributed by atoms with E-state index in [1.54, 1.807) is 0 Å². The van der Waals surface area contributed by atoms with Crippen LogP contribution in [0.1, 0.15) is 0 Å². The van der Waals surface area contributed by atoms with Crippen LogP contribution in [0.5, 0.6) is 0 Å². The average Bonchev–Trinajstić information content (AvgIpc) is 3.74. The molecule has 0 saturated carbocycles. The van der Waals surface area contributed by atoms with Gasteiger partial charge in [0.1, 0.15) is 0 Å². The summed E-state index contributed by atoms with van der Waals surface area (Å²) in [6.45, 7) is 0. The van der Waals surface area contributed by atoms with E-state index in [4.69, 9.17) is 9.97 Å². The maximum Gasteiger partial charge on any atom is 0.0980 e. The number of rotatable bonds is 2. The van der Waals surface area contributed by atoms with E-state index in [1.165, 1.54) is 54.4 Å². The van der Waals surface area contributed by atoms with Gasteiger partial charge in [-0.3, -0.25) is 0 Å². The van der Waals surface area contributed by atoms with Gasteiger partial charge in [-0.2, -0.15) is 0 Å². The van der Waals surface area contributed by atoms with Crippen LogP contribution in [0.25, 0.3) is 99.3 Å². The fourth-order valence-electron chi connectivity index (χ4n) is 7.93. The molecule has 0 bridgehead atoms. The Kier molecular flexibility index (Phi) is 4.55. The molecule has 3 heterocycles. The minimum absolute atomic E-state index is 0.920. The molecule has 3 aromatic heterocycles. The molecule has 46 heavy (non-hydrogen) atoms. The molecule has 0 aliphatic heterocycles. The first-order valence-electron chi connectivity index (χ1n) is 15.7. The number of para-hydroxylation sites is 5. The quantitative estimate of drug-likeness (QED) is 0.203. The highest BCUT2D eigenvalue weighted by molar-refractivity contribution is 6.29. The average molecular weight is 585 g/mol. The standard InChI is InChI=1S/C42H24N4/c1-2-11-25(12-3-1)45-35-19-8-4-13-27(35)31-23-26(21-22-37(31)45)46-36-20-9-5-14-28(36)40-29-15-10-16-30-39(29)32(24-38(40)46)42-41(30)43-33-17-6-7-18-34(33)44-42/h1-24H. The molecule has 0 amide bonds. The summed E-state index contributed by atoms with van der Waals surface area (Å²) in [4.78, 5) is 10.3. The van der Waals surface area contributed by atoms with Crippen LogP contribution in [0.2, 0.25) is 0 Å². The van der Waals surface area contributed by atoms with Crippen molar-refractivity contribution in [1.82, 2.24) is 19.1 Å². The van der Waals surface area contributed by atoms with Gasteiger partial charge in [0.05, 0.1) is 44.5 Å². The number of aromatic nitrogens is 4. The van der Waals surface area contributed by atoms with Crippen molar-refractivity contribution in [3.8, 4) is 33.9 Å². The van der Waals surface area contributed by atoms with E-state index >= 15 is 0 Å². The Hall–Kier alpha value is -6.26. The van der Waals surface area contributed by atoms with Gasteiger partial charge in [0.25, 0.3) is 0 Å². The zero-order valence-corrected chi connectivity index (χ0v) is 24.6. The van der Waals surface area contributed by atoms with Crippen molar-refractivity contribution >= 4 is 65.4 Å². The molecule has 0 fully saturated rings. The van der Waals surface area contributed by atoms with Gasteiger partial charge < -0.3 is 9.13 Å². The zero-order valence-electron chi connectivity index (χ0n) is 24.6. The third-order valence-electron chi connectivity index (χ3n) is 9.81. The number of nitrogens with zero attached hydrogens (tertiary/aromatic N) is 4. The topological polar surface area (TPSA) is 35.6 Å². The molecule has 212 valence electrons. The number of hydrogen-bond donors (Lipinski definition) is 0. The van der Waals surface area contributed by atoms with E-state index in [2.05, 4.69) is 143 Å². The van der Waals surface area contributed by atoms with E-state index < -0.39 is 0 Å². The number of benzene rings is 7. The molecule has 11 rings (SSSR count). The molecule has 7 aromatic carbocycles. The van der Waals surface area contributed by atoms with Gasteiger partial charge in [-0.05, 0) is 66.0 Å². The van der Waals surface area contributed by atoms with Crippen molar-refractivity contribution in [2.75, 3.05) is 0 Å². The summed E-state index contributed by atoms with van der Waals surface area (Å²) in [5.41, 5.74) is 13.2. The van der Waals surface area contributed by atoms with E-state index in [0.29, 0.717) is 0 Å². The molecule has 4 heteroatoms. The van der Waals surface area contributed by atoms with Gasteiger partial charge in [0, 0.05) is 49.4 Å². The van der Waals surface area contributed by atoms with Gasteiger partial charge in [-0.15, -0.1) is 0 Å². The zero-order chi connectivity index (χ0) is 29.9. The lowest BCUT2D eigenvalue weighted by molar-refractivity contribution is 1.17. The van der Waals surface area contributed by atoms with E-state index in [-0.39, 0.29) is 0 Å². The summed E-state index contributed by atoms with van der Waals surface area (Å²) in [5.74, 6) is 0. The van der Waals surface area contributed by atoms with Gasteiger partial charge in [0.15, 0.2) is 0 Å². The molecular formula is C42H24N4. The Balaban J connectivity index is 1.26. The predicted molar refractivity (Wildman–Crippen MR) is 190 cm³/mol. The number of fused-ring (bicyclic) bond motifs is 11. The van der Waals surface area contributed by atoms with Crippen LogP contribution < -0.4 is 0 Å². The van der Waals surface area contributed by atoms with Crippen molar-refractivity contribution in [3.63, 3.8) is 0 Å². The maximum atomic E-state index is 5.19. The largest absolute Gasteiger partial charge is 0.309 e. The summed E-state index contributed by atoms with van der Waals surface area (Å²) in [5, 5.41) is 7.47. The fourth-order valence-corrected chi connectivity index (χ4v) is 7.93. The summed E-state index contributed by atoms with van der Waals surface area (Å²) < 4.78 is 4.81. The van der Waals surface area contributed by atoms with Crippen molar-refractivity contribution < 1.29 is 0 Å². The van der Waals surface area contributed by atoms with E-state index in [1.807, 2.05) is 12.1 Å². The molecule has 0 unspecified atom stereocenters. The first kappa shape index (κ1) is 24.1. The third kappa shape index (κ3) is 3.03. The van der Waals surface area contributed by atoms with Gasteiger partial charge in [-0.25, -0.2) is 9.97 Å². The molecule has 1 aliphatic carbocycles. The minimum atomic E-state index is 0.920. The molecule has 0 atom stereocenters. The first-order chi connectivity index (χ1) is 22.8. The summed E-state index contributed by atoms with van der Waals surface area (Å²) in [6, 6.07) is 52.2. The summed E-state index contributed by atoms with van der Waals surface area (Å²) in [6.07, 6.45) is 0.